The van der Waals surface area contributed by atoms with Crippen LogP contribution in [0.1, 0.15) is 41.8 Å². The molecule has 1 aromatic heterocycles. The van der Waals surface area contributed by atoms with Gasteiger partial charge in [0.05, 0.1) is 4.88 Å². The molecule has 1 amide bonds. The molecule has 18 heavy (non-hydrogen) atoms. The van der Waals surface area contributed by atoms with E-state index >= 15 is 0 Å². The quantitative estimate of drug-likeness (QED) is 0.717. The van der Waals surface area contributed by atoms with Gasteiger partial charge in [-0.1, -0.05) is 12.8 Å². The minimum absolute atomic E-state index is 0.0452. The summed E-state index contributed by atoms with van der Waals surface area (Å²) in [6.07, 6.45) is 3.67. The number of aliphatic carboxylic acids is 1. The summed E-state index contributed by atoms with van der Waals surface area (Å²) in [6.45, 7) is 0.640. The molecular formula is C12H16BrNO3S. The van der Waals surface area contributed by atoms with Gasteiger partial charge in [0.2, 0.25) is 0 Å². The molecule has 100 valence electrons. The highest BCUT2D eigenvalue weighted by Gasteiger charge is 2.07. The Morgan fingerprint density at radius 2 is 2.00 bits per heavy atom. The number of amides is 1. The van der Waals surface area contributed by atoms with Crippen molar-refractivity contribution in [1.82, 2.24) is 5.32 Å². The van der Waals surface area contributed by atoms with Gasteiger partial charge in [0.15, 0.2) is 0 Å². The van der Waals surface area contributed by atoms with Crippen LogP contribution in [0.5, 0.6) is 0 Å². The van der Waals surface area contributed by atoms with Gasteiger partial charge >= 0.3 is 5.97 Å². The molecule has 0 unspecified atom stereocenters. The molecule has 0 aliphatic heterocycles. The first-order chi connectivity index (χ1) is 8.59. The van der Waals surface area contributed by atoms with Gasteiger partial charge in [-0.15, -0.1) is 11.3 Å². The molecule has 0 atom stereocenters. The van der Waals surface area contributed by atoms with E-state index in [4.69, 9.17) is 5.11 Å². The molecule has 0 aliphatic rings. The topological polar surface area (TPSA) is 66.4 Å². The number of halogens is 1. The lowest BCUT2D eigenvalue weighted by Gasteiger charge is -2.03. The molecule has 0 aliphatic carbocycles. The molecule has 0 saturated heterocycles. The second-order valence-electron chi connectivity index (χ2n) is 3.94. The molecule has 0 fully saturated rings. The van der Waals surface area contributed by atoms with Crippen molar-refractivity contribution in [3.05, 3.63) is 20.8 Å². The van der Waals surface area contributed by atoms with Gasteiger partial charge in [0.25, 0.3) is 5.91 Å². The minimum Gasteiger partial charge on any atom is -0.481 e. The lowest BCUT2D eigenvalue weighted by molar-refractivity contribution is -0.137. The summed E-state index contributed by atoms with van der Waals surface area (Å²) in [4.78, 5) is 22.6. The van der Waals surface area contributed by atoms with Crippen molar-refractivity contribution in [2.45, 2.75) is 32.1 Å². The SMILES string of the molecule is O=C(O)CCCCCCNC(=O)c1cc(Br)cs1. The van der Waals surface area contributed by atoms with Gasteiger partial charge in [0, 0.05) is 22.8 Å². The largest absolute Gasteiger partial charge is 0.481 e. The Kier molecular flexibility index (Phi) is 6.97. The third kappa shape index (κ3) is 6.16. The summed E-state index contributed by atoms with van der Waals surface area (Å²) in [7, 11) is 0. The molecule has 2 N–H and O–H groups in total. The van der Waals surface area contributed by atoms with Crippen LogP contribution in [-0.4, -0.2) is 23.5 Å². The predicted molar refractivity (Wildman–Crippen MR) is 75.1 cm³/mol. The van der Waals surface area contributed by atoms with Crippen LogP contribution in [-0.2, 0) is 4.79 Å². The second-order valence-corrected chi connectivity index (χ2v) is 5.77. The third-order valence-electron chi connectivity index (χ3n) is 2.39. The van der Waals surface area contributed by atoms with Gasteiger partial charge < -0.3 is 10.4 Å². The zero-order valence-corrected chi connectivity index (χ0v) is 12.3. The summed E-state index contributed by atoms with van der Waals surface area (Å²) in [5.41, 5.74) is 0. The first kappa shape index (κ1) is 15.2. The monoisotopic (exact) mass is 333 g/mol. The molecule has 4 nitrogen and oxygen atoms in total. The van der Waals surface area contributed by atoms with Crippen LogP contribution in [0, 0.1) is 0 Å². The van der Waals surface area contributed by atoms with Crippen molar-refractivity contribution in [3.8, 4) is 0 Å². The maximum Gasteiger partial charge on any atom is 0.303 e. The van der Waals surface area contributed by atoms with Crippen LogP contribution in [0.4, 0.5) is 0 Å². The predicted octanol–water partition coefficient (Wildman–Crippen LogP) is 3.28. The van der Waals surface area contributed by atoms with Crippen molar-refractivity contribution in [3.63, 3.8) is 0 Å². The van der Waals surface area contributed by atoms with Gasteiger partial charge in [-0.3, -0.25) is 9.59 Å². The van der Waals surface area contributed by atoms with Crippen LogP contribution in [0.3, 0.4) is 0 Å². The third-order valence-corrected chi connectivity index (χ3v) is 4.08. The van der Waals surface area contributed by atoms with E-state index in [0.29, 0.717) is 17.8 Å². The number of rotatable bonds is 8. The minimum atomic E-state index is -0.744. The maximum absolute atomic E-state index is 11.6. The first-order valence-corrected chi connectivity index (χ1v) is 7.51. The summed E-state index contributed by atoms with van der Waals surface area (Å²) >= 11 is 4.71. The van der Waals surface area contributed by atoms with Crippen LogP contribution in [0.15, 0.2) is 15.9 Å². The van der Waals surface area contributed by atoms with Crippen LogP contribution >= 0.6 is 27.3 Å². The Morgan fingerprint density at radius 3 is 2.61 bits per heavy atom. The average Bonchev–Trinajstić information content (AvgIpc) is 2.74. The molecule has 1 heterocycles. The highest BCUT2D eigenvalue weighted by Crippen LogP contribution is 2.19. The number of carbonyl (C=O) groups is 2. The van der Waals surface area contributed by atoms with Crippen LogP contribution in [0.25, 0.3) is 0 Å². The van der Waals surface area contributed by atoms with E-state index in [1.54, 1.807) is 6.07 Å². The van der Waals surface area contributed by atoms with Crippen LogP contribution < -0.4 is 5.32 Å². The summed E-state index contributed by atoms with van der Waals surface area (Å²) in [5.74, 6) is -0.789. The molecule has 0 saturated carbocycles. The van der Waals surface area contributed by atoms with Crippen molar-refractivity contribution < 1.29 is 14.7 Å². The number of thiophene rings is 1. The smallest absolute Gasteiger partial charge is 0.303 e. The highest BCUT2D eigenvalue weighted by atomic mass is 79.9. The molecule has 1 aromatic rings. The van der Waals surface area contributed by atoms with Crippen molar-refractivity contribution in [2.24, 2.45) is 0 Å². The van der Waals surface area contributed by atoms with Gasteiger partial charge in [-0.25, -0.2) is 0 Å². The zero-order chi connectivity index (χ0) is 13.4. The van der Waals surface area contributed by atoms with E-state index < -0.39 is 5.97 Å². The number of carboxylic acid groups (broad SMARTS) is 1. The first-order valence-electron chi connectivity index (χ1n) is 5.83. The molecule has 0 bridgehead atoms. The molecule has 6 heteroatoms. The number of unbranched alkanes of at least 4 members (excludes halogenated alkanes) is 3. The Hall–Kier alpha value is -0.880. The van der Waals surface area contributed by atoms with E-state index in [1.807, 2.05) is 5.38 Å². The molecule has 0 aromatic carbocycles. The molecule has 0 radical (unpaired) electrons. The molecular weight excluding hydrogens is 318 g/mol. The Bertz CT molecular complexity index is 406. The van der Waals surface area contributed by atoms with E-state index in [1.165, 1.54) is 11.3 Å². The van der Waals surface area contributed by atoms with E-state index in [9.17, 15) is 9.59 Å². The van der Waals surface area contributed by atoms with E-state index in [2.05, 4.69) is 21.2 Å². The summed E-state index contributed by atoms with van der Waals surface area (Å²) < 4.78 is 0.923. The van der Waals surface area contributed by atoms with Crippen LogP contribution in [0.2, 0.25) is 0 Å². The van der Waals surface area contributed by atoms with Crippen molar-refractivity contribution >= 4 is 39.1 Å². The maximum atomic E-state index is 11.6. The normalized spacial score (nSPS) is 10.3. The standard InChI is InChI=1S/C12H16BrNO3S/c13-9-7-10(18-8-9)12(17)14-6-4-2-1-3-5-11(15)16/h7-8H,1-6H2,(H,14,17)(H,15,16). The fourth-order valence-corrected chi connectivity index (χ4v) is 2.82. The summed E-state index contributed by atoms with van der Waals surface area (Å²) in [5, 5.41) is 13.2. The summed E-state index contributed by atoms with van der Waals surface area (Å²) in [6, 6.07) is 1.80. The van der Waals surface area contributed by atoms with E-state index in [-0.39, 0.29) is 12.3 Å². The lowest BCUT2D eigenvalue weighted by Crippen LogP contribution is -2.23. The Labute approximate surface area is 119 Å². The lowest BCUT2D eigenvalue weighted by atomic mass is 10.1. The highest BCUT2D eigenvalue weighted by molar-refractivity contribution is 9.10. The number of hydrogen-bond donors (Lipinski definition) is 2. The number of hydrogen-bond acceptors (Lipinski definition) is 3. The molecule has 1 rings (SSSR count). The molecule has 0 spiro atoms. The fraction of sp³-hybridized carbons (Fsp3) is 0.500. The number of nitrogens with one attached hydrogen (secondary N) is 1. The van der Waals surface area contributed by atoms with Crippen molar-refractivity contribution in [2.75, 3.05) is 6.54 Å². The Balaban J connectivity index is 2.04. The van der Waals surface area contributed by atoms with E-state index in [0.717, 1.165) is 23.7 Å². The van der Waals surface area contributed by atoms with Gasteiger partial charge in [-0.2, -0.15) is 0 Å². The van der Waals surface area contributed by atoms with Gasteiger partial charge in [-0.05, 0) is 34.8 Å². The van der Waals surface area contributed by atoms with Gasteiger partial charge in [0.1, 0.15) is 0 Å². The fourth-order valence-electron chi connectivity index (χ4n) is 1.48. The number of carboxylic acids is 1. The Morgan fingerprint density at radius 1 is 1.28 bits per heavy atom. The number of carbonyl (C=O) groups excluding carboxylic acids is 1. The zero-order valence-electron chi connectivity index (χ0n) is 9.95. The van der Waals surface area contributed by atoms with Crippen molar-refractivity contribution in [1.29, 1.82) is 0 Å². The average molecular weight is 334 g/mol. The second kappa shape index (κ2) is 8.26.